The molecule has 1 aliphatic rings. The van der Waals surface area contributed by atoms with Gasteiger partial charge in [-0.2, -0.15) is 0 Å². The summed E-state index contributed by atoms with van der Waals surface area (Å²) in [5.41, 5.74) is 2.80. The van der Waals surface area contributed by atoms with Crippen LogP contribution in [0.25, 0.3) is 11.0 Å². The summed E-state index contributed by atoms with van der Waals surface area (Å²) in [6, 6.07) is 13.3. The number of aromatic nitrogens is 2. The van der Waals surface area contributed by atoms with E-state index >= 15 is 0 Å². The Morgan fingerprint density at radius 1 is 1.07 bits per heavy atom. The zero-order valence-corrected chi connectivity index (χ0v) is 17.4. The molecule has 7 nitrogen and oxygen atoms in total. The predicted octanol–water partition coefficient (Wildman–Crippen LogP) is 3.57. The first kappa shape index (κ1) is 19.9. The molecule has 0 spiro atoms. The molecule has 1 aromatic heterocycles. The Balaban J connectivity index is 1.57. The molecule has 1 saturated heterocycles. The number of benzene rings is 2. The molecule has 2 aromatic carbocycles. The van der Waals surface area contributed by atoms with E-state index in [0.717, 1.165) is 37.0 Å². The standard InChI is InChI=1S/C23H26N4O3/c1-3-30-19-11-10-16(14-20(19)29-2)15-24-23(28)21-22(27-12-6-7-13-27)26-18-9-5-4-8-17(18)25-21/h4-5,8-11,14H,3,6-7,12-13,15H2,1-2H3,(H,24,28). The van der Waals surface area contributed by atoms with Crippen molar-refractivity contribution in [2.45, 2.75) is 26.3 Å². The van der Waals surface area contributed by atoms with Gasteiger partial charge in [0.2, 0.25) is 0 Å². The highest BCUT2D eigenvalue weighted by Crippen LogP contribution is 2.28. The second kappa shape index (κ2) is 8.98. The van der Waals surface area contributed by atoms with Gasteiger partial charge in [0.1, 0.15) is 0 Å². The van der Waals surface area contributed by atoms with Gasteiger partial charge in [-0.15, -0.1) is 0 Å². The minimum Gasteiger partial charge on any atom is -0.493 e. The number of carbonyl (C=O) groups excluding carboxylic acids is 1. The van der Waals surface area contributed by atoms with Crippen LogP contribution in [0.1, 0.15) is 35.8 Å². The number of nitrogens with one attached hydrogen (secondary N) is 1. The van der Waals surface area contributed by atoms with Crippen molar-refractivity contribution in [3.63, 3.8) is 0 Å². The number of para-hydroxylation sites is 2. The molecule has 0 atom stereocenters. The molecule has 4 rings (SSSR count). The van der Waals surface area contributed by atoms with E-state index in [1.165, 1.54) is 0 Å². The second-order valence-corrected chi connectivity index (χ2v) is 7.18. The van der Waals surface area contributed by atoms with Gasteiger partial charge in [0.05, 0.1) is 24.8 Å². The van der Waals surface area contributed by atoms with E-state index in [9.17, 15) is 4.79 Å². The Hall–Kier alpha value is -3.35. The third-order valence-corrected chi connectivity index (χ3v) is 5.15. The fourth-order valence-corrected chi connectivity index (χ4v) is 3.66. The molecule has 0 radical (unpaired) electrons. The summed E-state index contributed by atoms with van der Waals surface area (Å²) in [5.74, 6) is 1.76. The fraction of sp³-hybridized carbons (Fsp3) is 0.348. The lowest BCUT2D eigenvalue weighted by atomic mass is 10.2. The maximum absolute atomic E-state index is 13.1. The topological polar surface area (TPSA) is 76.6 Å². The first-order valence-corrected chi connectivity index (χ1v) is 10.3. The number of amides is 1. The average molecular weight is 406 g/mol. The first-order valence-electron chi connectivity index (χ1n) is 10.3. The molecule has 1 amide bonds. The van der Waals surface area contributed by atoms with E-state index in [2.05, 4.69) is 15.2 Å². The number of ether oxygens (including phenoxy) is 2. The third kappa shape index (κ3) is 4.15. The minimum absolute atomic E-state index is 0.233. The van der Waals surface area contributed by atoms with Crippen LogP contribution >= 0.6 is 0 Å². The molecule has 156 valence electrons. The Kier molecular flexibility index (Phi) is 5.97. The van der Waals surface area contributed by atoms with Crippen LogP contribution in [-0.2, 0) is 6.54 Å². The molecule has 7 heteroatoms. The molecule has 2 heterocycles. The van der Waals surface area contributed by atoms with Crippen LogP contribution in [0, 0.1) is 0 Å². The highest BCUT2D eigenvalue weighted by atomic mass is 16.5. The summed E-state index contributed by atoms with van der Waals surface area (Å²) in [6.07, 6.45) is 2.20. The van der Waals surface area contributed by atoms with Crippen molar-refractivity contribution in [1.82, 2.24) is 15.3 Å². The van der Waals surface area contributed by atoms with E-state index < -0.39 is 0 Å². The van der Waals surface area contributed by atoms with Crippen LogP contribution in [0.2, 0.25) is 0 Å². The summed E-state index contributed by atoms with van der Waals surface area (Å²) < 4.78 is 11.0. The second-order valence-electron chi connectivity index (χ2n) is 7.18. The van der Waals surface area contributed by atoms with Crippen molar-refractivity contribution in [3.05, 3.63) is 53.7 Å². The minimum atomic E-state index is -0.233. The Labute approximate surface area is 176 Å². The van der Waals surface area contributed by atoms with Crippen molar-refractivity contribution in [1.29, 1.82) is 0 Å². The van der Waals surface area contributed by atoms with Crippen LogP contribution in [0.4, 0.5) is 5.82 Å². The van der Waals surface area contributed by atoms with Gasteiger partial charge >= 0.3 is 0 Å². The van der Waals surface area contributed by atoms with Crippen LogP contribution < -0.4 is 19.7 Å². The highest BCUT2D eigenvalue weighted by Gasteiger charge is 2.23. The van der Waals surface area contributed by atoms with Crippen molar-refractivity contribution in [2.24, 2.45) is 0 Å². The first-order chi connectivity index (χ1) is 14.7. The third-order valence-electron chi connectivity index (χ3n) is 5.15. The number of hydrogen-bond donors (Lipinski definition) is 1. The number of anilines is 1. The number of fused-ring (bicyclic) bond motifs is 1. The van der Waals surface area contributed by atoms with Crippen molar-refractivity contribution >= 4 is 22.8 Å². The molecule has 0 aliphatic carbocycles. The van der Waals surface area contributed by atoms with Gasteiger partial charge in [-0.1, -0.05) is 18.2 Å². The van der Waals surface area contributed by atoms with Gasteiger partial charge in [0.25, 0.3) is 5.91 Å². The maximum Gasteiger partial charge on any atom is 0.274 e. The lowest BCUT2D eigenvalue weighted by Gasteiger charge is -2.19. The SMILES string of the molecule is CCOc1ccc(CNC(=O)c2nc3ccccc3nc2N2CCCC2)cc1OC. The molecule has 0 saturated carbocycles. The smallest absolute Gasteiger partial charge is 0.274 e. The molecule has 1 N–H and O–H groups in total. The molecular formula is C23H26N4O3. The summed E-state index contributed by atoms with van der Waals surface area (Å²) in [4.78, 5) is 24.6. The van der Waals surface area contributed by atoms with Crippen LogP contribution in [0.5, 0.6) is 11.5 Å². The largest absolute Gasteiger partial charge is 0.493 e. The molecule has 1 fully saturated rings. The van der Waals surface area contributed by atoms with Gasteiger partial charge in [0, 0.05) is 19.6 Å². The van der Waals surface area contributed by atoms with Gasteiger partial charge in [-0.25, -0.2) is 9.97 Å². The summed E-state index contributed by atoms with van der Waals surface area (Å²) >= 11 is 0. The normalized spacial score (nSPS) is 13.5. The quantitative estimate of drug-likeness (QED) is 0.646. The maximum atomic E-state index is 13.1. The molecule has 1 aliphatic heterocycles. The Morgan fingerprint density at radius 3 is 2.50 bits per heavy atom. The fourth-order valence-electron chi connectivity index (χ4n) is 3.66. The monoisotopic (exact) mass is 406 g/mol. The summed E-state index contributed by atoms with van der Waals surface area (Å²) in [6.45, 7) is 4.63. The highest BCUT2D eigenvalue weighted by molar-refractivity contribution is 5.99. The number of nitrogens with zero attached hydrogens (tertiary/aromatic N) is 3. The van der Waals surface area contributed by atoms with Crippen LogP contribution in [0.3, 0.4) is 0 Å². The number of hydrogen-bond acceptors (Lipinski definition) is 6. The molecule has 3 aromatic rings. The van der Waals surface area contributed by atoms with Crippen LogP contribution in [-0.4, -0.2) is 42.7 Å². The van der Waals surface area contributed by atoms with Gasteiger partial charge in [-0.3, -0.25) is 4.79 Å². The van der Waals surface area contributed by atoms with E-state index in [4.69, 9.17) is 14.5 Å². The van der Waals surface area contributed by atoms with Crippen molar-refractivity contribution < 1.29 is 14.3 Å². The number of methoxy groups -OCH3 is 1. The van der Waals surface area contributed by atoms with E-state index in [0.29, 0.717) is 41.7 Å². The predicted molar refractivity (Wildman–Crippen MR) is 116 cm³/mol. The summed E-state index contributed by atoms with van der Waals surface area (Å²) in [7, 11) is 1.60. The van der Waals surface area contributed by atoms with E-state index in [1.54, 1.807) is 7.11 Å². The molecule has 0 bridgehead atoms. The van der Waals surface area contributed by atoms with Gasteiger partial charge in [0.15, 0.2) is 23.0 Å². The lowest BCUT2D eigenvalue weighted by Crippen LogP contribution is -2.29. The van der Waals surface area contributed by atoms with Gasteiger partial charge < -0.3 is 19.7 Å². The molecule has 30 heavy (non-hydrogen) atoms. The lowest BCUT2D eigenvalue weighted by molar-refractivity contribution is 0.0946. The Morgan fingerprint density at radius 2 is 1.80 bits per heavy atom. The Bertz CT molecular complexity index is 1050. The van der Waals surface area contributed by atoms with Gasteiger partial charge in [-0.05, 0) is 49.6 Å². The molecule has 0 unspecified atom stereocenters. The zero-order chi connectivity index (χ0) is 20.9. The zero-order valence-electron chi connectivity index (χ0n) is 17.4. The van der Waals surface area contributed by atoms with Crippen molar-refractivity contribution in [3.8, 4) is 11.5 Å². The number of carbonyl (C=O) groups is 1. The molecular weight excluding hydrogens is 380 g/mol. The number of rotatable bonds is 7. The van der Waals surface area contributed by atoms with Crippen molar-refractivity contribution in [2.75, 3.05) is 31.7 Å². The summed E-state index contributed by atoms with van der Waals surface area (Å²) in [5, 5.41) is 2.98. The van der Waals surface area contributed by atoms with E-state index in [1.807, 2.05) is 49.4 Å². The van der Waals surface area contributed by atoms with E-state index in [-0.39, 0.29) is 5.91 Å². The average Bonchev–Trinajstić information content (AvgIpc) is 3.32. The van der Waals surface area contributed by atoms with Crippen LogP contribution in [0.15, 0.2) is 42.5 Å².